The highest BCUT2D eigenvalue weighted by Gasteiger charge is 2.22. The molecule has 0 unspecified atom stereocenters. The van der Waals surface area contributed by atoms with Crippen molar-refractivity contribution in [3.63, 3.8) is 0 Å². The highest BCUT2D eigenvalue weighted by Crippen LogP contribution is 2.23. The van der Waals surface area contributed by atoms with Gasteiger partial charge in [-0.1, -0.05) is 19.8 Å². The van der Waals surface area contributed by atoms with Crippen LogP contribution in [-0.2, 0) is 21.9 Å². The van der Waals surface area contributed by atoms with Gasteiger partial charge in [0.1, 0.15) is 5.82 Å². The van der Waals surface area contributed by atoms with Crippen molar-refractivity contribution >= 4 is 15.9 Å². The largest absolute Gasteiger partial charge is 0.352 e. The third kappa shape index (κ3) is 4.30. The zero-order chi connectivity index (χ0) is 16.3. The van der Waals surface area contributed by atoms with Crippen molar-refractivity contribution in [3.8, 4) is 0 Å². The van der Waals surface area contributed by atoms with Gasteiger partial charge in [0.2, 0.25) is 5.91 Å². The number of sulfonamides is 1. The summed E-state index contributed by atoms with van der Waals surface area (Å²) in [6, 6.07) is 0.151. The summed E-state index contributed by atoms with van der Waals surface area (Å²) in [5.74, 6) is 0.906. The summed E-state index contributed by atoms with van der Waals surface area (Å²) < 4.78 is 28.1. The maximum absolute atomic E-state index is 12.1. The summed E-state index contributed by atoms with van der Waals surface area (Å²) >= 11 is 0. The Balaban J connectivity index is 1.87. The Labute approximate surface area is 131 Å². The van der Waals surface area contributed by atoms with E-state index in [1.54, 1.807) is 18.5 Å². The van der Waals surface area contributed by atoms with Crippen LogP contribution in [0.3, 0.4) is 0 Å². The third-order valence-electron chi connectivity index (χ3n) is 4.09. The lowest BCUT2D eigenvalue weighted by atomic mass is 9.87. The summed E-state index contributed by atoms with van der Waals surface area (Å²) in [5, 5.41) is 2.84. The van der Waals surface area contributed by atoms with Gasteiger partial charge in [-0.25, -0.2) is 18.1 Å². The van der Waals surface area contributed by atoms with Gasteiger partial charge in [0.15, 0.2) is 5.03 Å². The minimum Gasteiger partial charge on any atom is -0.352 e. The lowest BCUT2D eigenvalue weighted by molar-refractivity contribution is -0.120. The van der Waals surface area contributed by atoms with E-state index in [9.17, 15) is 13.2 Å². The van der Waals surface area contributed by atoms with Crippen molar-refractivity contribution < 1.29 is 13.2 Å². The molecule has 0 aliphatic heterocycles. The Kier molecular flexibility index (Phi) is 5.23. The molecule has 1 aromatic heterocycles. The highest BCUT2D eigenvalue weighted by molar-refractivity contribution is 7.89. The van der Waals surface area contributed by atoms with Crippen LogP contribution in [0.4, 0.5) is 0 Å². The summed E-state index contributed by atoms with van der Waals surface area (Å²) in [6.45, 7) is 3.63. The van der Waals surface area contributed by atoms with Crippen molar-refractivity contribution in [1.29, 1.82) is 0 Å². The van der Waals surface area contributed by atoms with E-state index in [2.05, 4.69) is 21.9 Å². The van der Waals surface area contributed by atoms with Crippen LogP contribution >= 0.6 is 0 Å². The Morgan fingerprint density at radius 1 is 1.45 bits per heavy atom. The molecule has 22 heavy (non-hydrogen) atoms. The Hall–Kier alpha value is -1.41. The molecule has 7 nitrogen and oxygen atoms in total. The molecular formula is C14H24N4O3S. The van der Waals surface area contributed by atoms with E-state index in [1.165, 1.54) is 12.6 Å². The summed E-state index contributed by atoms with van der Waals surface area (Å²) in [7, 11) is -2.03. The van der Waals surface area contributed by atoms with E-state index in [-0.39, 0.29) is 23.5 Å². The number of hydrogen-bond acceptors (Lipinski definition) is 4. The fourth-order valence-corrected chi connectivity index (χ4v) is 3.75. The van der Waals surface area contributed by atoms with Gasteiger partial charge in [-0.2, -0.15) is 0 Å². The second kappa shape index (κ2) is 6.78. The molecule has 0 aromatic carbocycles. The molecular weight excluding hydrogens is 304 g/mol. The molecule has 2 atom stereocenters. The van der Waals surface area contributed by atoms with Gasteiger partial charge in [-0.05, 0) is 25.7 Å². The van der Waals surface area contributed by atoms with Crippen molar-refractivity contribution in [1.82, 2.24) is 19.6 Å². The van der Waals surface area contributed by atoms with Crippen LogP contribution in [0.2, 0.25) is 0 Å². The second-order valence-corrected chi connectivity index (χ2v) is 7.81. The quantitative estimate of drug-likeness (QED) is 0.832. The molecule has 8 heteroatoms. The van der Waals surface area contributed by atoms with Crippen LogP contribution in [0.5, 0.6) is 0 Å². The normalized spacial score (nSPS) is 22.5. The number of aromatic nitrogens is 2. The standard InChI is InChI=1S/C14H24N4O3S/c1-10-5-4-6-12(7-10)17-13(19)8-15-22(20,21)14-9-18(3)11(2)16-14/h9-10,12,15H,4-8H2,1-3H3,(H,17,19)/t10-,12-/m0/s1. The van der Waals surface area contributed by atoms with Gasteiger partial charge in [0, 0.05) is 19.3 Å². The number of hydrogen-bond donors (Lipinski definition) is 2. The molecule has 0 bridgehead atoms. The van der Waals surface area contributed by atoms with E-state index >= 15 is 0 Å². The smallest absolute Gasteiger partial charge is 0.260 e. The molecule has 1 amide bonds. The average Bonchev–Trinajstić information content (AvgIpc) is 2.78. The van der Waals surface area contributed by atoms with E-state index < -0.39 is 10.0 Å². The summed E-state index contributed by atoms with van der Waals surface area (Å²) in [5.41, 5.74) is 0. The molecule has 1 aromatic rings. The van der Waals surface area contributed by atoms with Crippen LogP contribution in [-0.4, -0.2) is 36.5 Å². The number of nitrogens with one attached hydrogen (secondary N) is 2. The van der Waals surface area contributed by atoms with Crippen molar-refractivity contribution in [3.05, 3.63) is 12.0 Å². The molecule has 124 valence electrons. The zero-order valence-corrected chi connectivity index (χ0v) is 14.1. The van der Waals surface area contributed by atoms with Gasteiger partial charge < -0.3 is 9.88 Å². The lowest BCUT2D eigenvalue weighted by Crippen LogP contribution is -2.43. The maximum atomic E-state index is 12.1. The molecule has 1 aliphatic carbocycles. The molecule has 1 heterocycles. The van der Waals surface area contributed by atoms with Gasteiger partial charge in [0.25, 0.3) is 10.0 Å². The number of imidazole rings is 1. The predicted molar refractivity (Wildman–Crippen MR) is 82.7 cm³/mol. The number of carbonyl (C=O) groups is 1. The number of aryl methyl sites for hydroxylation is 2. The highest BCUT2D eigenvalue weighted by atomic mass is 32.2. The van der Waals surface area contributed by atoms with Gasteiger partial charge in [-0.15, -0.1) is 0 Å². The van der Waals surface area contributed by atoms with E-state index in [0.29, 0.717) is 11.7 Å². The number of amides is 1. The van der Waals surface area contributed by atoms with Crippen LogP contribution in [0.15, 0.2) is 11.2 Å². The van der Waals surface area contributed by atoms with Crippen LogP contribution in [0, 0.1) is 12.8 Å². The van der Waals surface area contributed by atoms with Crippen molar-refractivity contribution in [2.75, 3.05) is 6.54 Å². The Morgan fingerprint density at radius 2 is 2.18 bits per heavy atom. The van der Waals surface area contributed by atoms with Gasteiger partial charge >= 0.3 is 0 Å². The first-order valence-electron chi connectivity index (χ1n) is 7.57. The topological polar surface area (TPSA) is 93.1 Å². The van der Waals surface area contributed by atoms with Crippen molar-refractivity contribution in [2.24, 2.45) is 13.0 Å². The maximum Gasteiger partial charge on any atom is 0.260 e. The molecule has 2 N–H and O–H groups in total. The van der Waals surface area contributed by atoms with Crippen LogP contribution in [0.1, 0.15) is 38.4 Å². The first-order valence-corrected chi connectivity index (χ1v) is 9.05. The minimum atomic E-state index is -3.75. The Bertz CT molecular complexity index is 619. The zero-order valence-electron chi connectivity index (χ0n) is 13.3. The summed E-state index contributed by atoms with van der Waals surface area (Å²) in [4.78, 5) is 15.9. The Morgan fingerprint density at radius 3 is 2.77 bits per heavy atom. The first-order chi connectivity index (χ1) is 10.3. The lowest BCUT2D eigenvalue weighted by Gasteiger charge is -2.27. The molecule has 1 saturated carbocycles. The number of nitrogens with zero attached hydrogens (tertiary/aromatic N) is 2. The molecule has 0 radical (unpaired) electrons. The molecule has 0 spiro atoms. The predicted octanol–water partition coefficient (Wildman–Crippen LogP) is 0.702. The van der Waals surface area contributed by atoms with Gasteiger partial charge in [-0.3, -0.25) is 4.79 Å². The molecule has 1 aliphatic rings. The monoisotopic (exact) mass is 328 g/mol. The third-order valence-corrected chi connectivity index (χ3v) is 5.36. The second-order valence-electron chi connectivity index (χ2n) is 6.10. The molecule has 0 saturated heterocycles. The van der Waals surface area contributed by atoms with Crippen LogP contribution in [0.25, 0.3) is 0 Å². The molecule has 1 fully saturated rings. The summed E-state index contributed by atoms with van der Waals surface area (Å²) in [6.07, 6.45) is 5.64. The van der Waals surface area contributed by atoms with Crippen LogP contribution < -0.4 is 10.0 Å². The molecule has 2 rings (SSSR count). The van der Waals surface area contributed by atoms with E-state index in [0.717, 1.165) is 19.3 Å². The van der Waals surface area contributed by atoms with Crippen molar-refractivity contribution in [2.45, 2.75) is 50.6 Å². The average molecular weight is 328 g/mol. The van der Waals surface area contributed by atoms with E-state index in [4.69, 9.17) is 0 Å². The fraction of sp³-hybridized carbons (Fsp3) is 0.714. The SMILES string of the molecule is Cc1nc(S(=O)(=O)NCC(=O)N[C@H]2CCC[C@H](C)C2)cn1C. The number of rotatable bonds is 5. The van der Waals surface area contributed by atoms with E-state index in [1.807, 2.05) is 0 Å². The van der Waals surface area contributed by atoms with Gasteiger partial charge in [0.05, 0.1) is 6.54 Å². The first kappa shape index (κ1) is 17.0. The fourth-order valence-electron chi connectivity index (χ4n) is 2.73. The minimum absolute atomic E-state index is 0.0633. The number of carbonyl (C=O) groups excluding carboxylic acids is 1.